The van der Waals surface area contributed by atoms with Crippen molar-refractivity contribution in [1.82, 2.24) is 14.5 Å². The van der Waals surface area contributed by atoms with Crippen molar-refractivity contribution in [3.8, 4) is 11.4 Å². The molecule has 2 aromatic heterocycles. The Bertz CT molecular complexity index is 448. The van der Waals surface area contributed by atoms with Gasteiger partial charge in [-0.25, -0.2) is 4.98 Å². The molecule has 0 saturated heterocycles. The van der Waals surface area contributed by atoms with Crippen molar-refractivity contribution in [2.75, 3.05) is 0 Å². The highest BCUT2D eigenvalue weighted by molar-refractivity contribution is 6.29. The van der Waals surface area contributed by atoms with Gasteiger partial charge in [0.15, 0.2) is 0 Å². The summed E-state index contributed by atoms with van der Waals surface area (Å²) in [5.74, 6) is 0.886. The molecule has 0 bridgehead atoms. The molecule has 78 valence electrons. The highest BCUT2D eigenvalue weighted by Crippen LogP contribution is 2.25. The molecule has 2 rings (SSSR count). The summed E-state index contributed by atoms with van der Waals surface area (Å²) in [6.07, 6.45) is 5.18. The van der Waals surface area contributed by atoms with Crippen LogP contribution in [-0.4, -0.2) is 14.5 Å². The molecular weight excluding hydrogens is 210 g/mol. The molecule has 2 heterocycles. The third-order valence-corrected chi connectivity index (χ3v) is 2.49. The highest BCUT2D eigenvalue weighted by atomic mass is 35.5. The summed E-state index contributed by atoms with van der Waals surface area (Å²) in [6, 6.07) is 4.15. The molecule has 0 aliphatic heterocycles. The molecule has 0 aliphatic carbocycles. The zero-order chi connectivity index (χ0) is 10.8. The predicted octanol–water partition coefficient (Wildman–Crippen LogP) is 3.18. The quantitative estimate of drug-likeness (QED) is 0.780. The lowest BCUT2D eigenvalue weighted by molar-refractivity contribution is 0.607. The van der Waals surface area contributed by atoms with Crippen LogP contribution >= 0.6 is 11.6 Å². The predicted molar refractivity (Wildman–Crippen MR) is 60.9 cm³/mol. The Morgan fingerprint density at radius 2 is 1.93 bits per heavy atom. The number of aromatic nitrogens is 3. The molecule has 0 saturated carbocycles. The van der Waals surface area contributed by atoms with Crippen LogP contribution in [0, 0.1) is 0 Å². The second-order valence-electron chi connectivity index (χ2n) is 3.60. The van der Waals surface area contributed by atoms with Crippen LogP contribution in [0.5, 0.6) is 0 Å². The van der Waals surface area contributed by atoms with Crippen molar-refractivity contribution in [3.63, 3.8) is 0 Å². The second-order valence-corrected chi connectivity index (χ2v) is 3.99. The molecule has 0 aromatic carbocycles. The van der Waals surface area contributed by atoms with Crippen LogP contribution in [-0.2, 0) is 0 Å². The number of halogens is 1. The number of imidazole rings is 1. The summed E-state index contributed by atoms with van der Waals surface area (Å²) in [5, 5.41) is 0.664. The fourth-order valence-electron chi connectivity index (χ4n) is 1.55. The van der Waals surface area contributed by atoms with Crippen molar-refractivity contribution in [3.05, 3.63) is 35.9 Å². The van der Waals surface area contributed by atoms with Crippen molar-refractivity contribution in [1.29, 1.82) is 0 Å². The molecule has 0 aliphatic rings. The summed E-state index contributed by atoms with van der Waals surface area (Å²) in [7, 11) is 0. The van der Waals surface area contributed by atoms with Crippen LogP contribution in [0.15, 0.2) is 30.7 Å². The van der Waals surface area contributed by atoms with Crippen molar-refractivity contribution >= 4 is 11.6 Å². The minimum absolute atomic E-state index is 0.295. The smallest absolute Gasteiger partial charge is 0.141 e. The maximum absolute atomic E-state index is 6.07. The second kappa shape index (κ2) is 4.03. The van der Waals surface area contributed by atoms with Gasteiger partial charge in [0, 0.05) is 24.0 Å². The lowest BCUT2D eigenvalue weighted by Crippen LogP contribution is -2.03. The number of pyridine rings is 1. The van der Waals surface area contributed by atoms with Crippen LogP contribution in [0.4, 0.5) is 0 Å². The Balaban J connectivity index is 2.54. The third kappa shape index (κ3) is 1.88. The van der Waals surface area contributed by atoms with Gasteiger partial charge in [-0.1, -0.05) is 11.6 Å². The monoisotopic (exact) mass is 221 g/mol. The summed E-state index contributed by atoms with van der Waals surface area (Å²) in [4.78, 5) is 8.29. The molecule has 2 aromatic rings. The van der Waals surface area contributed by atoms with Crippen LogP contribution in [0.2, 0.25) is 5.15 Å². The molecular formula is C11H12ClN3. The maximum atomic E-state index is 6.07. The minimum atomic E-state index is 0.295. The van der Waals surface area contributed by atoms with Gasteiger partial charge in [-0.2, -0.15) is 0 Å². The van der Waals surface area contributed by atoms with Gasteiger partial charge >= 0.3 is 0 Å². The van der Waals surface area contributed by atoms with Gasteiger partial charge in [0.05, 0.1) is 6.20 Å². The lowest BCUT2D eigenvalue weighted by Gasteiger charge is -2.12. The van der Waals surface area contributed by atoms with Gasteiger partial charge in [0.1, 0.15) is 11.0 Å². The normalized spacial score (nSPS) is 10.9. The average molecular weight is 222 g/mol. The molecule has 0 N–H and O–H groups in total. The van der Waals surface area contributed by atoms with Crippen molar-refractivity contribution in [2.45, 2.75) is 19.9 Å². The summed E-state index contributed by atoms with van der Waals surface area (Å²) in [6.45, 7) is 4.16. The number of nitrogens with zero attached hydrogens (tertiary/aromatic N) is 3. The number of hydrogen-bond donors (Lipinski definition) is 0. The molecule has 0 fully saturated rings. The number of rotatable bonds is 2. The van der Waals surface area contributed by atoms with E-state index in [1.54, 1.807) is 18.6 Å². The molecule has 0 radical (unpaired) electrons. The summed E-state index contributed by atoms with van der Waals surface area (Å²) >= 11 is 6.07. The van der Waals surface area contributed by atoms with E-state index in [2.05, 4.69) is 23.8 Å². The molecule has 3 nitrogen and oxygen atoms in total. The highest BCUT2D eigenvalue weighted by Gasteiger charge is 2.12. The number of hydrogen-bond acceptors (Lipinski definition) is 2. The van der Waals surface area contributed by atoms with E-state index >= 15 is 0 Å². The first-order valence-electron chi connectivity index (χ1n) is 4.83. The maximum Gasteiger partial charge on any atom is 0.141 e. The van der Waals surface area contributed by atoms with Gasteiger partial charge in [-0.05, 0) is 26.0 Å². The van der Waals surface area contributed by atoms with Gasteiger partial charge in [0.25, 0.3) is 0 Å². The molecule has 0 amide bonds. The molecule has 0 spiro atoms. The van der Waals surface area contributed by atoms with Gasteiger partial charge in [-0.3, -0.25) is 4.98 Å². The largest absolute Gasteiger partial charge is 0.313 e. The van der Waals surface area contributed by atoms with E-state index in [4.69, 9.17) is 11.6 Å². The van der Waals surface area contributed by atoms with Crippen molar-refractivity contribution in [2.24, 2.45) is 0 Å². The molecule has 0 unspecified atom stereocenters. The topological polar surface area (TPSA) is 30.7 Å². The summed E-state index contributed by atoms with van der Waals surface area (Å²) in [5.41, 5.74) is 1.03. The van der Waals surface area contributed by atoms with Crippen LogP contribution in [0.1, 0.15) is 19.9 Å². The third-order valence-electron chi connectivity index (χ3n) is 2.21. The van der Waals surface area contributed by atoms with E-state index in [-0.39, 0.29) is 0 Å². The fourth-order valence-corrected chi connectivity index (χ4v) is 1.87. The Morgan fingerprint density at radius 3 is 2.53 bits per heavy atom. The van der Waals surface area contributed by atoms with Crippen LogP contribution in [0.3, 0.4) is 0 Å². The summed E-state index contributed by atoms with van der Waals surface area (Å²) < 4.78 is 2.00. The Morgan fingerprint density at radius 1 is 1.27 bits per heavy atom. The Kier molecular flexibility index (Phi) is 2.73. The van der Waals surface area contributed by atoms with E-state index in [0.717, 1.165) is 11.4 Å². The van der Waals surface area contributed by atoms with E-state index in [0.29, 0.717) is 11.2 Å². The van der Waals surface area contributed by atoms with E-state index in [1.165, 1.54) is 0 Å². The fraction of sp³-hybridized carbons (Fsp3) is 0.273. The average Bonchev–Trinajstić information content (AvgIpc) is 2.61. The first-order chi connectivity index (χ1) is 7.20. The SMILES string of the molecule is CC(C)n1c(Cl)cnc1-c1ccncc1. The first kappa shape index (κ1) is 10.2. The van der Waals surface area contributed by atoms with Crippen LogP contribution in [0.25, 0.3) is 11.4 Å². The van der Waals surface area contributed by atoms with E-state index in [9.17, 15) is 0 Å². The molecule has 0 atom stereocenters. The van der Waals surface area contributed by atoms with E-state index in [1.807, 2.05) is 16.7 Å². The zero-order valence-corrected chi connectivity index (χ0v) is 9.44. The van der Waals surface area contributed by atoms with Gasteiger partial charge in [-0.15, -0.1) is 0 Å². The van der Waals surface area contributed by atoms with E-state index < -0.39 is 0 Å². The first-order valence-corrected chi connectivity index (χ1v) is 5.21. The van der Waals surface area contributed by atoms with Crippen LogP contribution < -0.4 is 0 Å². The Labute approximate surface area is 93.7 Å². The zero-order valence-electron chi connectivity index (χ0n) is 8.68. The molecule has 4 heteroatoms. The lowest BCUT2D eigenvalue weighted by atomic mass is 10.2. The Hall–Kier alpha value is -1.35. The molecule has 15 heavy (non-hydrogen) atoms. The van der Waals surface area contributed by atoms with Gasteiger partial charge in [0.2, 0.25) is 0 Å². The standard InChI is InChI=1S/C11H12ClN3/c1-8(2)15-10(12)7-14-11(15)9-3-5-13-6-4-9/h3-8H,1-2H3. The minimum Gasteiger partial charge on any atom is -0.313 e. The van der Waals surface area contributed by atoms with Gasteiger partial charge < -0.3 is 4.57 Å². The van der Waals surface area contributed by atoms with Crippen molar-refractivity contribution < 1.29 is 0 Å².